The molecule has 5 amide bonds. The highest BCUT2D eigenvalue weighted by Gasteiger charge is 2.36. The number of para-hydroxylation sites is 1. The van der Waals surface area contributed by atoms with Crippen LogP contribution in [0, 0.1) is 0 Å². The molecule has 2 fully saturated rings. The largest absolute Gasteiger partial charge is 0.341 e. The molecule has 2 aliphatic heterocycles. The lowest BCUT2D eigenvalue weighted by molar-refractivity contribution is -0.131. The van der Waals surface area contributed by atoms with E-state index in [9.17, 15) is 19.2 Å². The van der Waals surface area contributed by atoms with E-state index in [4.69, 9.17) is 0 Å². The Morgan fingerprint density at radius 1 is 0.941 bits per heavy atom. The Balaban J connectivity index is 1.48. The molecule has 0 atom stereocenters. The van der Waals surface area contributed by atoms with Gasteiger partial charge in [-0.05, 0) is 30.5 Å². The molecule has 8 nitrogen and oxygen atoms in total. The van der Waals surface area contributed by atoms with Crippen LogP contribution in [0.5, 0.6) is 0 Å². The summed E-state index contributed by atoms with van der Waals surface area (Å²) in [6, 6.07) is 15.9. The molecule has 172 valence electrons. The Bertz CT molecular complexity index is 1320. The first kappa shape index (κ1) is 21.6. The van der Waals surface area contributed by atoms with Crippen LogP contribution in [0.15, 0.2) is 66.4 Å². The summed E-state index contributed by atoms with van der Waals surface area (Å²) < 4.78 is 1.85. The van der Waals surface area contributed by atoms with Crippen molar-refractivity contribution < 1.29 is 19.2 Å². The average Bonchev–Trinajstić information content (AvgIpc) is 3.49. The monoisotopic (exact) mass is 456 g/mol. The zero-order valence-electron chi connectivity index (χ0n) is 18.6. The van der Waals surface area contributed by atoms with Crippen molar-refractivity contribution in [3.63, 3.8) is 0 Å². The maximum absolute atomic E-state index is 13.2. The molecule has 5 rings (SSSR count). The number of carbonyl (C=O) groups excluding carboxylic acids is 4. The molecular formula is C26H24N4O4. The average molecular weight is 457 g/mol. The van der Waals surface area contributed by atoms with Gasteiger partial charge in [0, 0.05) is 35.8 Å². The molecule has 1 N–H and O–H groups in total. The van der Waals surface area contributed by atoms with Crippen LogP contribution in [0.25, 0.3) is 17.0 Å². The molecule has 3 aromatic rings. The second-order valence-corrected chi connectivity index (χ2v) is 8.51. The van der Waals surface area contributed by atoms with Crippen molar-refractivity contribution in [2.45, 2.75) is 25.9 Å². The van der Waals surface area contributed by atoms with Gasteiger partial charge >= 0.3 is 6.03 Å². The van der Waals surface area contributed by atoms with Crippen LogP contribution >= 0.6 is 0 Å². The first-order valence-corrected chi connectivity index (χ1v) is 11.3. The van der Waals surface area contributed by atoms with Crippen LogP contribution in [-0.2, 0) is 27.5 Å². The topological polar surface area (TPSA) is 91.7 Å². The number of aromatic nitrogens is 1. The van der Waals surface area contributed by atoms with E-state index < -0.39 is 17.8 Å². The number of hydrogen-bond donors (Lipinski definition) is 1. The Labute approximate surface area is 196 Å². The molecular weight excluding hydrogens is 432 g/mol. The number of amides is 5. The number of hydrogen-bond acceptors (Lipinski definition) is 4. The van der Waals surface area contributed by atoms with Crippen LogP contribution in [0.2, 0.25) is 0 Å². The molecule has 8 heteroatoms. The van der Waals surface area contributed by atoms with Crippen molar-refractivity contribution in [2.24, 2.45) is 0 Å². The van der Waals surface area contributed by atoms with E-state index in [0.29, 0.717) is 5.56 Å². The van der Waals surface area contributed by atoms with E-state index in [1.165, 1.54) is 6.08 Å². The van der Waals surface area contributed by atoms with E-state index in [2.05, 4.69) is 5.32 Å². The fourth-order valence-corrected chi connectivity index (χ4v) is 4.49. The Morgan fingerprint density at radius 3 is 2.41 bits per heavy atom. The smallest absolute Gasteiger partial charge is 0.331 e. The zero-order valence-corrected chi connectivity index (χ0v) is 18.6. The molecule has 1 aromatic heterocycles. The third-order valence-electron chi connectivity index (χ3n) is 6.25. The minimum atomic E-state index is -0.741. The number of nitrogens with zero attached hydrogens (tertiary/aromatic N) is 3. The highest BCUT2D eigenvalue weighted by Crippen LogP contribution is 2.26. The predicted molar refractivity (Wildman–Crippen MR) is 126 cm³/mol. The van der Waals surface area contributed by atoms with Gasteiger partial charge in [-0.3, -0.25) is 24.6 Å². The Kier molecular flexibility index (Phi) is 5.71. The van der Waals surface area contributed by atoms with Gasteiger partial charge in [0.1, 0.15) is 12.1 Å². The fraction of sp³-hybridized carbons (Fsp3) is 0.231. The summed E-state index contributed by atoms with van der Waals surface area (Å²) in [6.07, 6.45) is 5.32. The van der Waals surface area contributed by atoms with Crippen LogP contribution in [0.3, 0.4) is 0 Å². The van der Waals surface area contributed by atoms with Gasteiger partial charge in [0.2, 0.25) is 5.91 Å². The number of barbiturate groups is 1. The maximum Gasteiger partial charge on any atom is 0.331 e. The van der Waals surface area contributed by atoms with E-state index >= 15 is 0 Å². The van der Waals surface area contributed by atoms with Gasteiger partial charge in [0.25, 0.3) is 11.8 Å². The van der Waals surface area contributed by atoms with Crippen LogP contribution in [-0.4, -0.2) is 51.2 Å². The summed E-state index contributed by atoms with van der Waals surface area (Å²) >= 11 is 0. The van der Waals surface area contributed by atoms with Gasteiger partial charge in [0.05, 0.1) is 6.54 Å². The van der Waals surface area contributed by atoms with E-state index in [-0.39, 0.29) is 24.6 Å². The Hall–Kier alpha value is -4.20. The molecule has 0 radical (unpaired) electrons. The normalized spacial score (nSPS) is 17.6. The minimum Gasteiger partial charge on any atom is -0.341 e. The molecule has 0 bridgehead atoms. The van der Waals surface area contributed by atoms with E-state index in [1.54, 1.807) is 6.20 Å². The number of benzene rings is 2. The molecule has 2 aromatic carbocycles. The molecule has 3 heterocycles. The standard InChI is InChI=1S/C26H24N4O4/c31-23(28-12-6-7-13-28)17-29-16-19(20-10-4-5-11-22(20)29)14-21-24(32)27-26(34)30(25(21)33)15-18-8-2-1-3-9-18/h1-5,8-11,14,16H,6-7,12-13,15,17H2,(H,27,32,34)/b21-14+. The molecule has 34 heavy (non-hydrogen) atoms. The van der Waals surface area contributed by atoms with Crippen molar-refractivity contribution in [2.75, 3.05) is 13.1 Å². The number of imide groups is 2. The van der Waals surface area contributed by atoms with Crippen molar-refractivity contribution in [1.82, 2.24) is 19.7 Å². The second kappa shape index (κ2) is 8.97. The fourth-order valence-electron chi connectivity index (χ4n) is 4.49. The maximum atomic E-state index is 13.2. The first-order chi connectivity index (χ1) is 16.5. The minimum absolute atomic E-state index is 0.0450. The van der Waals surface area contributed by atoms with E-state index in [1.807, 2.05) is 64.1 Å². The van der Waals surface area contributed by atoms with Crippen molar-refractivity contribution in [3.05, 3.63) is 77.5 Å². The first-order valence-electron chi connectivity index (χ1n) is 11.3. The number of carbonyl (C=O) groups is 4. The Morgan fingerprint density at radius 2 is 1.65 bits per heavy atom. The van der Waals surface area contributed by atoms with Gasteiger partial charge in [-0.15, -0.1) is 0 Å². The van der Waals surface area contributed by atoms with Gasteiger partial charge in [-0.25, -0.2) is 4.79 Å². The third-order valence-corrected chi connectivity index (χ3v) is 6.25. The molecule has 0 saturated carbocycles. The number of rotatable bonds is 5. The lowest BCUT2D eigenvalue weighted by Crippen LogP contribution is -2.53. The zero-order chi connectivity index (χ0) is 23.7. The summed E-state index contributed by atoms with van der Waals surface area (Å²) in [6.45, 7) is 1.79. The van der Waals surface area contributed by atoms with Gasteiger partial charge in [-0.2, -0.15) is 0 Å². The second-order valence-electron chi connectivity index (χ2n) is 8.51. The van der Waals surface area contributed by atoms with Crippen molar-refractivity contribution in [1.29, 1.82) is 0 Å². The van der Waals surface area contributed by atoms with Gasteiger partial charge in [-0.1, -0.05) is 48.5 Å². The highest BCUT2D eigenvalue weighted by molar-refractivity contribution is 6.31. The van der Waals surface area contributed by atoms with Gasteiger partial charge in [0.15, 0.2) is 0 Å². The molecule has 0 aliphatic carbocycles. The number of nitrogens with one attached hydrogen (secondary N) is 1. The van der Waals surface area contributed by atoms with Crippen molar-refractivity contribution >= 4 is 40.7 Å². The number of fused-ring (bicyclic) bond motifs is 1. The summed E-state index contributed by atoms with van der Waals surface area (Å²) in [7, 11) is 0. The lowest BCUT2D eigenvalue weighted by atomic mass is 10.1. The van der Waals surface area contributed by atoms with Crippen LogP contribution in [0.4, 0.5) is 4.79 Å². The summed E-state index contributed by atoms with van der Waals surface area (Å²) in [4.78, 5) is 53.8. The van der Waals surface area contributed by atoms with Crippen LogP contribution in [0.1, 0.15) is 24.0 Å². The predicted octanol–water partition coefficient (Wildman–Crippen LogP) is 2.93. The lowest BCUT2D eigenvalue weighted by Gasteiger charge is -2.26. The molecule has 0 spiro atoms. The SMILES string of the molecule is O=C1NC(=O)N(Cc2ccccc2)C(=O)/C1=C/c1cn(CC(=O)N2CCCC2)c2ccccc12. The summed E-state index contributed by atoms with van der Waals surface area (Å²) in [5.74, 6) is -1.34. The summed E-state index contributed by atoms with van der Waals surface area (Å²) in [5, 5.41) is 3.08. The van der Waals surface area contributed by atoms with Crippen LogP contribution < -0.4 is 5.32 Å². The molecule has 2 saturated heterocycles. The number of urea groups is 1. The molecule has 0 unspecified atom stereocenters. The number of likely N-dealkylation sites (tertiary alicyclic amines) is 1. The van der Waals surface area contributed by atoms with Gasteiger partial charge < -0.3 is 9.47 Å². The third kappa shape index (κ3) is 4.10. The van der Waals surface area contributed by atoms with Crippen molar-refractivity contribution in [3.8, 4) is 0 Å². The quantitative estimate of drug-likeness (QED) is 0.472. The molecule has 2 aliphatic rings. The summed E-state index contributed by atoms with van der Waals surface area (Å²) in [5.41, 5.74) is 2.13. The van der Waals surface area contributed by atoms with E-state index in [0.717, 1.165) is 47.3 Å². The highest BCUT2D eigenvalue weighted by atomic mass is 16.2.